The van der Waals surface area contributed by atoms with Crippen molar-refractivity contribution in [3.8, 4) is 16.9 Å². The predicted molar refractivity (Wildman–Crippen MR) is 165 cm³/mol. The predicted octanol–water partition coefficient (Wildman–Crippen LogP) is 5.64. The summed E-state index contributed by atoms with van der Waals surface area (Å²) in [6.07, 6.45) is 5.62. The fourth-order valence-corrected chi connectivity index (χ4v) is 5.06. The van der Waals surface area contributed by atoms with Crippen molar-refractivity contribution in [1.82, 2.24) is 14.5 Å². The van der Waals surface area contributed by atoms with Crippen molar-refractivity contribution >= 4 is 43.8 Å². The molecule has 0 fully saturated rings. The first-order valence-corrected chi connectivity index (χ1v) is 15.8. The van der Waals surface area contributed by atoms with Gasteiger partial charge in [-0.05, 0) is 65.2 Å². The van der Waals surface area contributed by atoms with Gasteiger partial charge < -0.3 is 24.5 Å². The largest absolute Gasteiger partial charge is 0.487 e. The summed E-state index contributed by atoms with van der Waals surface area (Å²) in [6, 6.07) is 19.3. The molecule has 12 heteroatoms. The second kappa shape index (κ2) is 13.5. The fourth-order valence-electron chi connectivity index (χ4n) is 4.41. The molecule has 0 aliphatic heterocycles. The van der Waals surface area contributed by atoms with Crippen LogP contribution in [0.3, 0.4) is 0 Å². The lowest BCUT2D eigenvalue weighted by Crippen LogP contribution is -2.23. The lowest BCUT2D eigenvalue weighted by molar-refractivity contribution is 0.0343. The van der Waals surface area contributed by atoms with Crippen molar-refractivity contribution in [3.63, 3.8) is 0 Å². The molecule has 1 unspecified atom stereocenters. The Morgan fingerprint density at radius 1 is 1.07 bits per heavy atom. The van der Waals surface area contributed by atoms with Crippen molar-refractivity contribution in [2.75, 3.05) is 30.5 Å². The minimum atomic E-state index is -3.11. The average molecular weight is 625 g/mol. The van der Waals surface area contributed by atoms with Gasteiger partial charge in [-0.1, -0.05) is 29.8 Å². The van der Waals surface area contributed by atoms with Crippen LogP contribution in [-0.4, -0.2) is 59.4 Å². The minimum Gasteiger partial charge on any atom is -0.487 e. The van der Waals surface area contributed by atoms with Gasteiger partial charge >= 0.3 is 0 Å². The van der Waals surface area contributed by atoms with Crippen molar-refractivity contribution in [2.45, 2.75) is 19.3 Å². The van der Waals surface area contributed by atoms with Gasteiger partial charge in [0.15, 0.2) is 0 Å². The van der Waals surface area contributed by atoms with E-state index >= 15 is 0 Å². The van der Waals surface area contributed by atoms with E-state index < -0.39 is 15.9 Å². The highest BCUT2D eigenvalue weighted by Crippen LogP contribution is 2.32. The Bertz CT molecular complexity index is 1830. The standard InChI is InChI=1S/C31H30ClFN4O5S/c1-43(39,40)12-11-41-19-26(38)17-37-10-9-23(16-37)22-5-7-29-27(14-22)31(35-20-34-29)36-25-6-8-30(28(32)15-25)42-18-21-3-2-4-24(33)13-21/h2-10,13-16,20,26,38H,11-12,17-19H2,1H3,(H,34,35,36). The van der Waals surface area contributed by atoms with Crippen LogP contribution in [0.15, 0.2) is 85.5 Å². The summed E-state index contributed by atoms with van der Waals surface area (Å²) < 4.78 is 48.8. The van der Waals surface area contributed by atoms with E-state index in [1.807, 2.05) is 47.3 Å². The van der Waals surface area contributed by atoms with Gasteiger partial charge in [0.05, 0.1) is 42.2 Å². The second-order valence-corrected chi connectivity index (χ2v) is 12.8. The quantitative estimate of drug-likeness (QED) is 0.162. The molecular weight excluding hydrogens is 595 g/mol. The Labute approximate surface area is 253 Å². The number of halogens is 2. The number of benzene rings is 3. The molecule has 2 N–H and O–H groups in total. The summed E-state index contributed by atoms with van der Waals surface area (Å²) >= 11 is 6.48. The first-order chi connectivity index (χ1) is 20.6. The number of hydrogen-bond acceptors (Lipinski definition) is 8. The number of anilines is 2. The number of nitrogens with one attached hydrogen (secondary N) is 1. The lowest BCUT2D eigenvalue weighted by atomic mass is 10.1. The zero-order chi connectivity index (χ0) is 30.4. The Balaban J connectivity index is 1.25. The maximum Gasteiger partial charge on any atom is 0.149 e. The molecule has 0 aliphatic rings. The number of nitrogens with zero attached hydrogens (tertiary/aromatic N) is 3. The molecule has 5 rings (SSSR count). The highest BCUT2D eigenvalue weighted by molar-refractivity contribution is 7.90. The SMILES string of the molecule is CS(=O)(=O)CCOCC(O)Cn1ccc(-c2ccc3ncnc(Nc4ccc(OCc5cccc(F)c5)c(Cl)c4)c3c2)c1. The van der Waals surface area contributed by atoms with E-state index in [1.165, 1.54) is 18.5 Å². The molecule has 43 heavy (non-hydrogen) atoms. The summed E-state index contributed by atoms with van der Waals surface area (Å²) in [5, 5.41) is 14.8. The van der Waals surface area contributed by atoms with Crippen LogP contribution >= 0.6 is 11.6 Å². The summed E-state index contributed by atoms with van der Waals surface area (Å²) in [5.74, 6) is 0.661. The summed E-state index contributed by atoms with van der Waals surface area (Å²) in [7, 11) is -3.11. The number of rotatable bonds is 13. The minimum absolute atomic E-state index is 0.0372. The number of fused-ring (bicyclic) bond motifs is 1. The fraction of sp³-hybridized carbons (Fsp3) is 0.226. The monoisotopic (exact) mass is 624 g/mol. The smallest absolute Gasteiger partial charge is 0.149 e. The molecule has 0 spiro atoms. The molecule has 2 heterocycles. The van der Waals surface area contributed by atoms with Gasteiger partial charge in [0.2, 0.25) is 0 Å². The van der Waals surface area contributed by atoms with Crippen LogP contribution in [0.25, 0.3) is 22.0 Å². The number of aliphatic hydroxyl groups excluding tert-OH is 1. The van der Waals surface area contributed by atoms with Crippen LogP contribution in [0.4, 0.5) is 15.9 Å². The molecule has 5 aromatic rings. The highest BCUT2D eigenvalue weighted by atomic mass is 35.5. The van der Waals surface area contributed by atoms with Crippen LogP contribution in [0.1, 0.15) is 5.56 Å². The maximum atomic E-state index is 13.5. The van der Waals surface area contributed by atoms with E-state index in [0.29, 0.717) is 34.4 Å². The normalized spacial score (nSPS) is 12.4. The van der Waals surface area contributed by atoms with Gasteiger partial charge in [-0.25, -0.2) is 22.8 Å². The van der Waals surface area contributed by atoms with E-state index in [1.54, 1.807) is 24.3 Å². The Morgan fingerprint density at radius 3 is 2.72 bits per heavy atom. The number of hydrogen-bond donors (Lipinski definition) is 2. The van der Waals surface area contributed by atoms with Gasteiger partial charge in [-0.15, -0.1) is 0 Å². The molecule has 2 aromatic heterocycles. The summed E-state index contributed by atoms with van der Waals surface area (Å²) in [5.41, 5.74) is 4.02. The van der Waals surface area contributed by atoms with Crippen LogP contribution < -0.4 is 10.1 Å². The van der Waals surface area contributed by atoms with Gasteiger partial charge in [0.1, 0.15) is 40.2 Å². The Hall–Kier alpha value is -4.03. The maximum absolute atomic E-state index is 13.5. The van der Waals surface area contributed by atoms with Crippen molar-refractivity contribution in [1.29, 1.82) is 0 Å². The van der Waals surface area contributed by atoms with Crippen molar-refractivity contribution in [2.24, 2.45) is 0 Å². The van der Waals surface area contributed by atoms with E-state index in [4.69, 9.17) is 21.1 Å². The summed E-state index contributed by atoms with van der Waals surface area (Å²) in [6.45, 7) is 0.563. The van der Waals surface area contributed by atoms with Crippen LogP contribution in [0.2, 0.25) is 5.02 Å². The molecule has 9 nitrogen and oxygen atoms in total. The topological polar surface area (TPSA) is 116 Å². The lowest BCUT2D eigenvalue weighted by Gasteiger charge is -2.13. The molecule has 0 saturated carbocycles. The number of ether oxygens (including phenoxy) is 2. The Morgan fingerprint density at radius 2 is 1.93 bits per heavy atom. The molecule has 0 saturated heterocycles. The molecule has 224 valence electrons. The number of sulfone groups is 1. The first kappa shape index (κ1) is 30.4. The van der Waals surface area contributed by atoms with E-state index in [2.05, 4.69) is 15.3 Å². The van der Waals surface area contributed by atoms with E-state index in [0.717, 1.165) is 28.3 Å². The molecule has 0 aliphatic carbocycles. The zero-order valence-corrected chi connectivity index (χ0v) is 24.9. The van der Waals surface area contributed by atoms with Crippen LogP contribution in [-0.2, 0) is 27.7 Å². The number of aromatic nitrogens is 3. The van der Waals surface area contributed by atoms with E-state index in [9.17, 15) is 17.9 Å². The van der Waals surface area contributed by atoms with Gasteiger partial charge in [0, 0.05) is 29.7 Å². The molecule has 0 amide bonds. The zero-order valence-electron chi connectivity index (χ0n) is 23.3. The third-order valence-electron chi connectivity index (χ3n) is 6.53. The van der Waals surface area contributed by atoms with Crippen LogP contribution in [0.5, 0.6) is 5.75 Å². The average Bonchev–Trinajstić information content (AvgIpc) is 3.43. The first-order valence-electron chi connectivity index (χ1n) is 13.4. The van der Waals surface area contributed by atoms with E-state index in [-0.39, 0.29) is 31.4 Å². The second-order valence-electron chi connectivity index (χ2n) is 10.1. The summed E-state index contributed by atoms with van der Waals surface area (Å²) in [4.78, 5) is 8.84. The van der Waals surface area contributed by atoms with Gasteiger partial charge in [0.25, 0.3) is 0 Å². The van der Waals surface area contributed by atoms with Gasteiger partial charge in [-0.3, -0.25) is 0 Å². The molecular formula is C31H30ClFN4O5S. The van der Waals surface area contributed by atoms with Crippen molar-refractivity contribution in [3.05, 3.63) is 102 Å². The third kappa shape index (κ3) is 8.51. The Kier molecular flexibility index (Phi) is 9.56. The van der Waals surface area contributed by atoms with Crippen molar-refractivity contribution < 1.29 is 27.4 Å². The molecule has 0 bridgehead atoms. The molecule has 0 radical (unpaired) electrons. The third-order valence-corrected chi connectivity index (χ3v) is 7.73. The number of aliphatic hydroxyl groups is 1. The van der Waals surface area contributed by atoms with Gasteiger partial charge in [-0.2, -0.15) is 0 Å². The molecule has 3 aromatic carbocycles. The molecule has 1 atom stereocenters. The van der Waals surface area contributed by atoms with Crippen LogP contribution in [0, 0.1) is 5.82 Å². The highest BCUT2D eigenvalue weighted by Gasteiger charge is 2.12.